The van der Waals surface area contributed by atoms with Crippen LogP contribution in [-0.2, 0) is 19.5 Å². The molecule has 1 fully saturated rings. The molecule has 0 amide bonds. The van der Waals surface area contributed by atoms with E-state index < -0.39 is 0 Å². The van der Waals surface area contributed by atoms with Gasteiger partial charge in [0.05, 0.1) is 5.69 Å². The number of benzene rings is 1. The number of hydrogen-bond donors (Lipinski definition) is 1. The van der Waals surface area contributed by atoms with E-state index in [4.69, 9.17) is 0 Å². The molecule has 1 aromatic carbocycles. The van der Waals surface area contributed by atoms with Crippen molar-refractivity contribution in [1.29, 1.82) is 0 Å². The van der Waals surface area contributed by atoms with Crippen LogP contribution in [0.4, 0.5) is 10.1 Å². The fourth-order valence-electron chi connectivity index (χ4n) is 2.92. The van der Waals surface area contributed by atoms with Crippen molar-refractivity contribution in [3.05, 3.63) is 51.5 Å². The van der Waals surface area contributed by atoms with Crippen molar-refractivity contribution in [2.45, 2.75) is 38.4 Å². The maximum Gasteiger partial charge on any atom is 0.146 e. The number of thiophene rings is 1. The molecule has 1 aromatic heterocycles. The largest absolute Gasteiger partial charge is 0.364 e. The molecule has 2 heterocycles. The number of anilines is 1. The van der Waals surface area contributed by atoms with Crippen molar-refractivity contribution in [1.82, 2.24) is 5.32 Å². The lowest BCUT2D eigenvalue weighted by molar-refractivity contribution is 0.605. The van der Waals surface area contributed by atoms with Crippen LogP contribution in [0, 0.1) is 5.82 Å². The molecular weight excluding hydrogens is 283 g/mol. The van der Waals surface area contributed by atoms with E-state index in [1.165, 1.54) is 23.3 Å². The quantitative estimate of drug-likeness (QED) is 0.926. The van der Waals surface area contributed by atoms with Gasteiger partial charge in [0.2, 0.25) is 0 Å². The zero-order valence-corrected chi connectivity index (χ0v) is 12.8. The van der Waals surface area contributed by atoms with Gasteiger partial charge >= 0.3 is 0 Å². The summed E-state index contributed by atoms with van der Waals surface area (Å²) in [5, 5.41) is 5.57. The second-order valence-corrected chi connectivity index (χ2v) is 6.98. The van der Waals surface area contributed by atoms with E-state index in [9.17, 15) is 4.39 Å². The van der Waals surface area contributed by atoms with Crippen molar-refractivity contribution in [3.8, 4) is 0 Å². The monoisotopic (exact) mass is 302 g/mol. The maximum absolute atomic E-state index is 14.4. The third-order valence-electron chi connectivity index (χ3n) is 4.33. The average Bonchev–Trinajstić information content (AvgIpc) is 3.21. The molecule has 1 aliphatic carbocycles. The maximum atomic E-state index is 14.4. The number of halogens is 1. The molecule has 1 N–H and O–H groups in total. The third kappa shape index (κ3) is 2.83. The van der Waals surface area contributed by atoms with Crippen LogP contribution in [0.2, 0.25) is 0 Å². The van der Waals surface area contributed by atoms with Crippen LogP contribution in [0.5, 0.6) is 0 Å². The second-order valence-electron chi connectivity index (χ2n) is 5.98. The number of nitrogens with one attached hydrogen (secondary N) is 1. The highest BCUT2D eigenvalue weighted by molar-refractivity contribution is 7.10. The second kappa shape index (κ2) is 5.43. The number of fused-ring (bicyclic) bond motifs is 1. The summed E-state index contributed by atoms with van der Waals surface area (Å²) in [5.74, 6) is -0.0937. The molecule has 0 unspecified atom stereocenters. The Morgan fingerprint density at radius 3 is 3.00 bits per heavy atom. The Bertz CT molecular complexity index is 648. The highest BCUT2D eigenvalue weighted by Gasteiger charge is 2.21. The van der Waals surface area contributed by atoms with Crippen LogP contribution in [0.3, 0.4) is 0 Å². The zero-order chi connectivity index (χ0) is 14.2. The smallest absolute Gasteiger partial charge is 0.146 e. The van der Waals surface area contributed by atoms with Gasteiger partial charge in [0.15, 0.2) is 0 Å². The summed E-state index contributed by atoms with van der Waals surface area (Å²) in [5.41, 5.74) is 3.13. The van der Waals surface area contributed by atoms with Gasteiger partial charge in [-0.3, -0.25) is 0 Å². The molecule has 110 valence electrons. The van der Waals surface area contributed by atoms with Gasteiger partial charge in [0.1, 0.15) is 5.82 Å². The van der Waals surface area contributed by atoms with Crippen LogP contribution < -0.4 is 10.2 Å². The van der Waals surface area contributed by atoms with Crippen LogP contribution in [-0.4, -0.2) is 12.6 Å². The van der Waals surface area contributed by atoms with E-state index in [0.717, 1.165) is 37.3 Å². The van der Waals surface area contributed by atoms with Gasteiger partial charge in [-0.25, -0.2) is 4.39 Å². The Hall–Kier alpha value is -1.39. The molecule has 2 aliphatic rings. The van der Waals surface area contributed by atoms with Crippen LogP contribution >= 0.6 is 11.3 Å². The lowest BCUT2D eigenvalue weighted by atomic mass is 10.1. The fourth-order valence-corrected chi connectivity index (χ4v) is 3.81. The molecule has 0 bridgehead atoms. The van der Waals surface area contributed by atoms with E-state index in [2.05, 4.69) is 27.7 Å². The molecule has 21 heavy (non-hydrogen) atoms. The van der Waals surface area contributed by atoms with Crippen LogP contribution in [0.1, 0.15) is 28.8 Å². The predicted molar refractivity (Wildman–Crippen MR) is 85.3 cm³/mol. The van der Waals surface area contributed by atoms with E-state index in [-0.39, 0.29) is 5.82 Å². The van der Waals surface area contributed by atoms with Gasteiger partial charge in [-0.15, -0.1) is 11.3 Å². The van der Waals surface area contributed by atoms with Crippen molar-refractivity contribution < 1.29 is 4.39 Å². The first-order chi connectivity index (χ1) is 10.3. The third-order valence-corrected chi connectivity index (χ3v) is 5.36. The van der Waals surface area contributed by atoms with Gasteiger partial charge < -0.3 is 10.2 Å². The number of rotatable bonds is 4. The average molecular weight is 302 g/mol. The van der Waals surface area contributed by atoms with Gasteiger partial charge in [-0.2, -0.15) is 0 Å². The lowest BCUT2D eigenvalue weighted by Gasteiger charge is -2.29. The van der Waals surface area contributed by atoms with Crippen LogP contribution in [0.25, 0.3) is 0 Å². The minimum atomic E-state index is -0.0937. The Labute approximate surface area is 128 Å². The summed E-state index contributed by atoms with van der Waals surface area (Å²) in [6, 6.07) is 8.51. The molecule has 0 spiro atoms. The topological polar surface area (TPSA) is 15.3 Å². The van der Waals surface area contributed by atoms with E-state index in [0.29, 0.717) is 6.04 Å². The van der Waals surface area contributed by atoms with Gasteiger partial charge in [0.25, 0.3) is 0 Å². The van der Waals surface area contributed by atoms with E-state index in [1.807, 2.05) is 17.4 Å². The molecule has 0 atom stereocenters. The molecule has 2 nitrogen and oxygen atoms in total. The van der Waals surface area contributed by atoms with Crippen LogP contribution in [0.15, 0.2) is 29.6 Å². The van der Waals surface area contributed by atoms with Gasteiger partial charge in [0, 0.05) is 30.6 Å². The lowest BCUT2D eigenvalue weighted by Crippen LogP contribution is -2.30. The molecule has 0 radical (unpaired) electrons. The Kier molecular flexibility index (Phi) is 3.43. The van der Waals surface area contributed by atoms with Crippen molar-refractivity contribution in [2.75, 3.05) is 11.4 Å². The summed E-state index contributed by atoms with van der Waals surface area (Å²) in [7, 11) is 0. The molecular formula is C17H19FN2S. The summed E-state index contributed by atoms with van der Waals surface area (Å²) >= 11 is 1.82. The van der Waals surface area contributed by atoms with E-state index >= 15 is 0 Å². The fraction of sp³-hybridized carbons (Fsp3) is 0.412. The molecule has 4 rings (SSSR count). The van der Waals surface area contributed by atoms with E-state index in [1.54, 1.807) is 6.07 Å². The molecule has 4 heteroatoms. The van der Waals surface area contributed by atoms with Gasteiger partial charge in [-0.05, 0) is 54.0 Å². The first-order valence-corrected chi connectivity index (χ1v) is 8.49. The first kappa shape index (κ1) is 13.3. The Morgan fingerprint density at radius 1 is 1.29 bits per heavy atom. The molecule has 2 aromatic rings. The molecule has 0 saturated heterocycles. The van der Waals surface area contributed by atoms with Gasteiger partial charge in [-0.1, -0.05) is 6.07 Å². The Morgan fingerprint density at radius 2 is 2.19 bits per heavy atom. The summed E-state index contributed by atoms with van der Waals surface area (Å²) < 4.78 is 14.4. The first-order valence-electron chi connectivity index (χ1n) is 7.61. The minimum Gasteiger partial charge on any atom is -0.364 e. The van der Waals surface area contributed by atoms with Crippen molar-refractivity contribution in [3.63, 3.8) is 0 Å². The summed E-state index contributed by atoms with van der Waals surface area (Å²) in [6.07, 6.45) is 3.55. The highest BCUT2D eigenvalue weighted by Crippen LogP contribution is 2.29. The predicted octanol–water partition coefficient (Wildman–Crippen LogP) is 3.70. The number of nitrogens with zero attached hydrogens (tertiary/aromatic N) is 1. The SMILES string of the molecule is Fc1cc(CNC2CC2)ccc1N1CCc2sccc2C1. The minimum absolute atomic E-state index is 0.0937. The van der Waals surface area contributed by atoms with Crippen molar-refractivity contribution >= 4 is 17.0 Å². The normalized spacial score (nSPS) is 17.9. The Balaban J connectivity index is 1.49. The summed E-state index contributed by atoms with van der Waals surface area (Å²) in [4.78, 5) is 3.61. The summed E-state index contributed by atoms with van der Waals surface area (Å²) in [6.45, 7) is 2.51. The van der Waals surface area contributed by atoms with Crippen molar-refractivity contribution in [2.24, 2.45) is 0 Å². The highest BCUT2D eigenvalue weighted by atomic mass is 32.1. The zero-order valence-electron chi connectivity index (χ0n) is 11.9. The number of hydrogen-bond acceptors (Lipinski definition) is 3. The standard InChI is InChI=1S/C17H19FN2S/c18-15-9-12(10-19-14-2-3-14)1-4-16(15)20-7-5-17-13(11-20)6-8-21-17/h1,4,6,8-9,14,19H,2-3,5,7,10-11H2. The molecule has 1 saturated carbocycles. The molecule has 1 aliphatic heterocycles.